The molecule has 0 radical (unpaired) electrons. The van der Waals surface area contributed by atoms with Gasteiger partial charge in [-0.15, -0.1) is 11.3 Å². The number of hydrogen-bond donors (Lipinski definition) is 0. The average molecular weight is 402 g/mol. The first kappa shape index (κ1) is 19.3. The third kappa shape index (κ3) is 3.78. The van der Waals surface area contributed by atoms with Crippen molar-refractivity contribution in [3.63, 3.8) is 0 Å². The minimum Gasteiger partial charge on any atom is -0.465 e. The van der Waals surface area contributed by atoms with Crippen molar-refractivity contribution in [1.82, 2.24) is 9.21 Å². The fourth-order valence-electron chi connectivity index (χ4n) is 3.29. The first-order valence-corrected chi connectivity index (χ1v) is 10.8. The number of carbonyl (C=O) groups is 2. The summed E-state index contributed by atoms with van der Waals surface area (Å²) in [6.07, 6.45) is 1.27. The molecular formula is C16H22N2O6S2. The molecule has 1 amide bonds. The highest BCUT2D eigenvalue weighted by molar-refractivity contribution is 7.89. The van der Waals surface area contributed by atoms with Crippen LogP contribution in [0.25, 0.3) is 0 Å². The molecule has 10 heteroatoms. The highest BCUT2D eigenvalue weighted by atomic mass is 32.2. The summed E-state index contributed by atoms with van der Waals surface area (Å²) in [4.78, 5) is 26.3. The van der Waals surface area contributed by atoms with E-state index in [9.17, 15) is 18.0 Å². The highest BCUT2D eigenvalue weighted by Gasteiger charge is 2.37. The van der Waals surface area contributed by atoms with E-state index in [2.05, 4.69) is 4.74 Å². The fraction of sp³-hybridized carbons (Fsp3) is 0.625. The molecule has 2 saturated heterocycles. The van der Waals surface area contributed by atoms with Gasteiger partial charge in [0.25, 0.3) is 0 Å². The number of morpholine rings is 1. The van der Waals surface area contributed by atoms with Crippen molar-refractivity contribution in [2.45, 2.75) is 17.7 Å². The minimum absolute atomic E-state index is 0.0216. The lowest BCUT2D eigenvalue weighted by Crippen LogP contribution is -2.49. The Morgan fingerprint density at radius 3 is 2.69 bits per heavy atom. The van der Waals surface area contributed by atoms with Gasteiger partial charge in [-0.3, -0.25) is 4.79 Å². The van der Waals surface area contributed by atoms with Crippen LogP contribution in [0, 0.1) is 5.92 Å². The zero-order chi connectivity index (χ0) is 18.7. The van der Waals surface area contributed by atoms with E-state index in [4.69, 9.17) is 4.74 Å². The van der Waals surface area contributed by atoms with Crippen LogP contribution >= 0.6 is 11.3 Å². The van der Waals surface area contributed by atoms with Gasteiger partial charge in [-0.1, -0.05) is 0 Å². The second-order valence-electron chi connectivity index (χ2n) is 6.25. The van der Waals surface area contributed by atoms with Gasteiger partial charge < -0.3 is 14.4 Å². The van der Waals surface area contributed by atoms with Crippen LogP contribution in [-0.4, -0.2) is 76.0 Å². The standard InChI is InChI=1S/C16H22N2O6S2/c1-23-16(20)14-13(4-10-25-14)26(21,22)18-5-2-3-12(11-18)15(19)17-6-8-24-9-7-17/h4,10,12H,2-3,5-9,11H2,1H3. The lowest BCUT2D eigenvalue weighted by Gasteiger charge is -2.35. The topological polar surface area (TPSA) is 93.2 Å². The zero-order valence-corrected chi connectivity index (χ0v) is 16.2. The van der Waals surface area contributed by atoms with Crippen molar-refractivity contribution in [2.24, 2.45) is 5.92 Å². The molecule has 1 unspecified atom stereocenters. The first-order valence-electron chi connectivity index (χ1n) is 8.47. The zero-order valence-electron chi connectivity index (χ0n) is 14.5. The number of rotatable bonds is 4. The summed E-state index contributed by atoms with van der Waals surface area (Å²) >= 11 is 1.03. The number of esters is 1. The van der Waals surface area contributed by atoms with Gasteiger partial charge >= 0.3 is 5.97 Å². The molecular weight excluding hydrogens is 380 g/mol. The quantitative estimate of drug-likeness (QED) is 0.692. The van der Waals surface area contributed by atoms with Gasteiger partial charge in [0.05, 0.1) is 26.2 Å². The van der Waals surface area contributed by atoms with Crippen molar-refractivity contribution < 1.29 is 27.5 Å². The molecule has 26 heavy (non-hydrogen) atoms. The summed E-state index contributed by atoms with van der Waals surface area (Å²) in [6.45, 7) is 2.58. The molecule has 0 aromatic carbocycles. The molecule has 1 atom stereocenters. The summed E-state index contributed by atoms with van der Waals surface area (Å²) in [5.74, 6) is -1.06. The second-order valence-corrected chi connectivity index (χ2v) is 9.07. The smallest absolute Gasteiger partial charge is 0.349 e. The van der Waals surface area contributed by atoms with Crippen molar-refractivity contribution in [1.29, 1.82) is 0 Å². The van der Waals surface area contributed by atoms with Crippen LogP contribution in [0.1, 0.15) is 22.5 Å². The molecule has 0 saturated carbocycles. The van der Waals surface area contributed by atoms with Gasteiger partial charge in [-0.2, -0.15) is 4.31 Å². The van der Waals surface area contributed by atoms with Gasteiger partial charge in [0.15, 0.2) is 0 Å². The van der Waals surface area contributed by atoms with Crippen molar-refractivity contribution >= 4 is 33.2 Å². The third-order valence-corrected chi connectivity index (χ3v) is 7.60. The number of ether oxygens (including phenoxy) is 2. The average Bonchev–Trinajstić information content (AvgIpc) is 3.18. The van der Waals surface area contributed by atoms with Crippen LogP contribution in [-0.2, 0) is 24.3 Å². The molecule has 3 heterocycles. The summed E-state index contributed by atoms with van der Waals surface area (Å²) in [7, 11) is -2.64. The molecule has 2 aliphatic heterocycles. The maximum atomic E-state index is 13.0. The number of amides is 1. The van der Waals surface area contributed by atoms with E-state index >= 15 is 0 Å². The Morgan fingerprint density at radius 1 is 1.27 bits per heavy atom. The minimum atomic E-state index is -3.85. The van der Waals surface area contributed by atoms with E-state index in [0.717, 1.165) is 11.3 Å². The third-order valence-electron chi connectivity index (χ3n) is 4.67. The van der Waals surface area contributed by atoms with Crippen LogP contribution in [0.3, 0.4) is 0 Å². The number of sulfonamides is 1. The normalized spacial score (nSPS) is 22.2. The van der Waals surface area contributed by atoms with Crippen LogP contribution in [0.2, 0.25) is 0 Å². The van der Waals surface area contributed by atoms with E-state index < -0.39 is 16.0 Å². The Kier molecular flexibility index (Phi) is 5.96. The molecule has 0 spiro atoms. The maximum Gasteiger partial charge on any atom is 0.349 e. The molecule has 0 aliphatic carbocycles. The van der Waals surface area contributed by atoms with E-state index in [1.165, 1.54) is 17.5 Å². The summed E-state index contributed by atoms with van der Waals surface area (Å²) in [5, 5.41) is 1.56. The monoisotopic (exact) mass is 402 g/mol. The number of thiophene rings is 1. The van der Waals surface area contributed by atoms with Gasteiger partial charge in [-0.05, 0) is 24.3 Å². The summed E-state index contributed by atoms with van der Waals surface area (Å²) in [6, 6.07) is 1.42. The predicted molar refractivity (Wildman–Crippen MR) is 94.5 cm³/mol. The van der Waals surface area contributed by atoms with Crippen LogP contribution in [0.5, 0.6) is 0 Å². The van der Waals surface area contributed by atoms with E-state index in [1.807, 2.05) is 0 Å². The van der Waals surface area contributed by atoms with Crippen LogP contribution in [0.15, 0.2) is 16.3 Å². The predicted octanol–water partition coefficient (Wildman–Crippen LogP) is 0.794. The van der Waals surface area contributed by atoms with Crippen molar-refractivity contribution in [2.75, 3.05) is 46.5 Å². The Hall–Kier alpha value is -1.49. The summed E-state index contributed by atoms with van der Waals surface area (Å²) < 4.78 is 37.3. The number of methoxy groups -OCH3 is 1. The van der Waals surface area contributed by atoms with E-state index in [-0.39, 0.29) is 28.1 Å². The lowest BCUT2D eigenvalue weighted by atomic mass is 9.98. The molecule has 0 bridgehead atoms. The number of hydrogen-bond acceptors (Lipinski definition) is 7. The molecule has 2 fully saturated rings. The molecule has 144 valence electrons. The highest BCUT2D eigenvalue weighted by Crippen LogP contribution is 2.29. The Bertz CT molecular complexity index is 769. The van der Waals surface area contributed by atoms with Crippen molar-refractivity contribution in [3.8, 4) is 0 Å². The van der Waals surface area contributed by atoms with Gasteiger partial charge in [0, 0.05) is 26.2 Å². The van der Waals surface area contributed by atoms with E-state index in [1.54, 1.807) is 10.3 Å². The Labute approximate surface area is 156 Å². The molecule has 8 nitrogen and oxygen atoms in total. The molecule has 1 aromatic heterocycles. The van der Waals surface area contributed by atoms with Gasteiger partial charge in [0.2, 0.25) is 15.9 Å². The fourth-order valence-corrected chi connectivity index (χ4v) is 6.12. The number of nitrogens with zero attached hydrogens (tertiary/aromatic N) is 2. The van der Waals surface area contributed by atoms with Crippen LogP contribution < -0.4 is 0 Å². The molecule has 2 aliphatic rings. The summed E-state index contributed by atoms with van der Waals surface area (Å²) in [5.41, 5.74) is 0. The maximum absolute atomic E-state index is 13.0. The molecule has 3 rings (SSSR count). The molecule has 0 N–H and O–H groups in total. The second kappa shape index (κ2) is 8.03. The largest absolute Gasteiger partial charge is 0.465 e. The van der Waals surface area contributed by atoms with Gasteiger partial charge in [-0.25, -0.2) is 13.2 Å². The van der Waals surface area contributed by atoms with Gasteiger partial charge in [0.1, 0.15) is 9.77 Å². The number of carbonyl (C=O) groups excluding carboxylic acids is 2. The molecule has 1 aromatic rings. The Morgan fingerprint density at radius 2 is 2.00 bits per heavy atom. The Balaban J connectivity index is 1.77. The lowest BCUT2D eigenvalue weighted by molar-refractivity contribution is -0.140. The first-order chi connectivity index (χ1) is 12.4. The van der Waals surface area contributed by atoms with E-state index in [0.29, 0.717) is 45.7 Å². The SMILES string of the molecule is COC(=O)c1sccc1S(=O)(=O)N1CCCC(C(=O)N2CCOCC2)C1. The number of piperidine rings is 1. The van der Waals surface area contributed by atoms with Crippen LogP contribution in [0.4, 0.5) is 0 Å². The van der Waals surface area contributed by atoms with Crippen molar-refractivity contribution in [3.05, 3.63) is 16.3 Å².